The summed E-state index contributed by atoms with van der Waals surface area (Å²) in [5, 5.41) is 11.0. The number of rotatable bonds is 9. The van der Waals surface area contributed by atoms with E-state index in [4.69, 9.17) is 4.74 Å². The third kappa shape index (κ3) is 4.77. The van der Waals surface area contributed by atoms with Crippen molar-refractivity contribution in [2.75, 3.05) is 33.3 Å². The fraction of sp³-hybridized carbons (Fsp3) is 0.375. The number of methoxy groups -OCH3 is 1. The maximum Gasteiger partial charge on any atom is 0.295 e. The van der Waals surface area contributed by atoms with Gasteiger partial charge in [-0.1, -0.05) is 19.9 Å². The summed E-state index contributed by atoms with van der Waals surface area (Å²) in [5.74, 6) is -0.866. The monoisotopic (exact) mass is 423 g/mol. The Morgan fingerprint density at radius 1 is 1.13 bits per heavy atom. The van der Waals surface area contributed by atoms with E-state index in [9.17, 15) is 14.7 Å². The van der Waals surface area contributed by atoms with Crippen molar-refractivity contribution in [3.8, 4) is 5.75 Å². The molecule has 1 amide bonds. The second-order valence-corrected chi connectivity index (χ2v) is 7.36. The number of carbonyl (C=O) groups excluding carboxylic acids is 2. The number of hydrogen-bond acceptors (Lipinski definition) is 6. The highest BCUT2D eigenvalue weighted by Crippen LogP contribution is 2.38. The maximum absolute atomic E-state index is 13.0. The summed E-state index contributed by atoms with van der Waals surface area (Å²) in [6, 6.07) is 11.4. The first kappa shape index (κ1) is 22.5. The molecule has 0 saturated carbocycles. The molecule has 1 aliphatic heterocycles. The van der Waals surface area contributed by atoms with Crippen LogP contribution in [0.1, 0.15) is 37.6 Å². The van der Waals surface area contributed by atoms with Gasteiger partial charge >= 0.3 is 0 Å². The molecular weight excluding hydrogens is 394 g/mol. The van der Waals surface area contributed by atoms with Gasteiger partial charge in [-0.2, -0.15) is 0 Å². The fourth-order valence-corrected chi connectivity index (χ4v) is 3.86. The van der Waals surface area contributed by atoms with E-state index < -0.39 is 17.7 Å². The number of benzene rings is 1. The first-order valence-electron chi connectivity index (χ1n) is 10.6. The molecule has 2 aromatic rings. The predicted octanol–water partition coefficient (Wildman–Crippen LogP) is 3.24. The van der Waals surface area contributed by atoms with E-state index in [-0.39, 0.29) is 11.3 Å². The average molecular weight is 424 g/mol. The highest BCUT2D eigenvalue weighted by Gasteiger charge is 2.46. The van der Waals surface area contributed by atoms with Gasteiger partial charge in [0.25, 0.3) is 11.7 Å². The highest BCUT2D eigenvalue weighted by atomic mass is 16.5. The van der Waals surface area contributed by atoms with Crippen molar-refractivity contribution in [2.45, 2.75) is 26.3 Å². The molecule has 3 rings (SSSR count). The molecule has 7 heteroatoms. The van der Waals surface area contributed by atoms with E-state index in [1.165, 1.54) is 4.90 Å². The van der Waals surface area contributed by atoms with Crippen molar-refractivity contribution in [3.63, 3.8) is 0 Å². The van der Waals surface area contributed by atoms with Crippen molar-refractivity contribution >= 4 is 17.4 Å². The third-order valence-electron chi connectivity index (χ3n) is 5.64. The summed E-state index contributed by atoms with van der Waals surface area (Å²) in [5.41, 5.74) is 1.07. The molecule has 0 spiro atoms. The standard InChI is InChI=1S/C24H29N3O4/c1-4-26(5-2)15-8-16-27-21(19-9-6-7-14-25-19)20(23(29)24(27)30)22(28)17-10-12-18(31-3)13-11-17/h6-7,9-14,21,28H,4-5,8,15-16H2,1-3H3/b22-20+. The number of likely N-dealkylation sites (tertiary alicyclic amines) is 1. The van der Waals surface area contributed by atoms with E-state index >= 15 is 0 Å². The number of ether oxygens (including phenoxy) is 1. The number of aliphatic hydroxyl groups excluding tert-OH is 1. The number of nitrogens with zero attached hydrogens (tertiary/aromatic N) is 3. The Morgan fingerprint density at radius 3 is 2.42 bits per heavy atom. The molecule has 1 aliphatic rings. The zero-order valence-corrected chi connectivity index (χ0v) is 18.2. The lowest BCUT2D eigenvalue weighted by atomic mass is 9.98. The van der Waals surface area contributed by atoms with Crippen LogP contribution in [0.5, 0.6) is 5.75 Å². The predicted molar refractivity (Wildman–Crippen MR) is 119 cm³/mol. The Labute approximate surface area is 183 Å². The Bertz CT molecular complexity index is 937. The van der Waals surface area contributed by atoms with E-state index in [2.05, 4.69) is 23.7 Å². The van der Waals surface area contributed by atoms with Crippen molar-refractivity contribution in [1.29, 1.82) is 0 Å². The van der Waals surface area contributed by atoms with Gasteiger partial charge in [-0.05, 0) is 62.5 Å². The summed E-state index contributed by atoms with van der Waals surface area (Å²) in [6.45, 7) is 7.27. The minimum Gasteiger partial charge on any atom is -0.507 e. The van der Waals surface area contributed by atoms with Crippen LogP contribution in [0, 0.1) is 0 Å². The number of aliphatic hydroxyl groups is 1. The molecule has 1 atom stereocenters. The van der Waals surface area contributed by atoms with Gasteiger partial charge in [-0.3, -0.25) is 14.6 Å². The van der Waals surface area contributed by atoms with E-state index in [1.54, 1.807) is 49.7 Å². The molecule has 0 aliphatic carbocycles. The minimum absolute atomic E-state index is 0.0664. The van der Waals surface area contributed by atoms with E-state index in [0.717, 1.165) is 26.1 Å². The summed E-state index contributed by atoms with van der Waals surface area (Å²) in [6.07, 6.45) is 2.35. The molecule has 164 valence electrons. The number of ketones is 1. The van der Waals surface area contributed by atoms with Crippen LogP contribution in [0.25, 0.3) is 5.76 Å². The van der Waals surface area contributed by atoms with Crippen molar-refractivity contribution in [1.82, 2.24) is 14.8 Å². The third-order valence-corrected chi connectivity index (χ3v) is 5.64. The minimum atomic E-state index is -0.722. The van der Waals surface area contributed by atoms with E-state index in [1.807, 2.05) is 6.07 Å². The summed E-state index contributed by atoms with van der Waals surface area (Å²) < 4.78 is 5.16. The first-order chi connectivity index (χ1) is 15.0. The highest BCUT2D eigenvalue weighted by molar-refractivity contribution is 6.46. The van der Waals surface area contributed by atoms with Crippen LogP contribution in [-0.4, -0.2) is 64.9 Å². The van der Waals surface area contributed by atoms with Crippen LogP contribution in [0.3, 0.4) is 0 Å². The van der Waals surface area contributed by atoms with Crippen LogP contribution < -0.4 is 4.74 Å². The van der Waals surface area contributed by atoms with Crippen molar-refractivity contribution in [3.05, 3.63) is 65.5 Å². The van der Waals surface area contributed by atoms with Gasteiger partial charge in [0.15, 0.2) is 0 Å². The number of hydrogen-bond donors (Lipinski definition) is 1. The van der Waals surface area contributed by atoms with Gasteiger partial charge in [0, 0.05) is 18.3 Å². The lowest BCUT2D eigenvalue weighted by Gasteiger charge is -2.26. The zero-order valence-electron chi connectivity index (χ0n) is 18.2. The summed E-state index contributed by atoms with van der Waals surface area (Å²) in [4.78, 5) is 34.1. The fourth-order valence-electron chi connectivity index (χ4n) is 3.86. The Morgan fingerprint density at radius 2 is 1.84 bits per heavy atom. The van der Waals surface area contributed by atoms with Gasteiger partial charge in [0.1, 0.15) is 17.6 Å². The molecule has 31 heavy (non-hydrogen) atoms. The zero-order chi connectivity index (χ0) is 22.4. The smallest absolute Gasteiger partial charge is 0.295 e. The van der Waals surface area contributed by atoms with Gasteiger partial charge < -0.3 is 19.6 Å². The van der Waals surface area contributed by atoms with Crippen LogP contribution in [0.2, 0.25) is 0 Å². The lowest BCUT2D eigenvalue weighted by Crippen LogP contribution is -2.33. The van der Waals surface area contributed by atoms with Gasteiger partial charge in [-0.25, -0.2) is 0 Å². The summed E-state index contributed by atoms with van der Waals surface area (Å²) in [7, 11) is 1.56. The molecule has 7 nitrogen and oxygen atoms in total. The number of Topliss-reactive ketones (excluding diaryl/α,β-unsaturated/α-hetero) is 1. The average Bonchev–Trinajstić information content (AvgIpc) is 3.07. The second kappa shape index (κ2) is 10.2. The Balaban J connectivity index is 1.98. The van der Waals surface area contributed by atoms with Crippen LogP contribution in [0.4, 0.5) is 0 Å². The first-order valence-corrected chi connectivity index (χ1v) is 10.6. The molecule has 0 radical (unpaired) electrons. The number of pyridine rings is 1. The quantitative estimate of drug-likeness (QED) is 0.379. The molecule has 1 fully saturated rings. The molecule has 1 N–H and O–H groups in total. The van der Waals surface area contributed by atoms with Crippen LogP contribution in [-0.2, 0) is 9.59 Å². The van der Waals surface area contributed by atoms with Gasteiger partial charge in [0.2, 0.25) is 0 Å². The van der Waals surface area contributed by atoms with Crippen molar-refractivity contribution < 1.29 is 19.4 Å². The second-order valence-electron chi connectivity index (χ2n) is 7.36. The SMILES string of the molecule is CCN(CC)CCCN1C(=O)C(=O)/C(=C(/O)c2ccc(OC)cc2)C1c1ccccn1. The number of carbonyl (C=O) groups is 2. The molecule has 1 unspecified atom stereocenters. The molecule has 1 saturated heterocycles. The lowest BCUT2D eigenvalue weighted by molar-refractivity contribution is -0.140. The maximum atomic E-state index is 13.0. The van der Waals surface area contributed by atoms with Crippen LogP contribution in [0.15, 0.2) is 54.2 Å². The molecular formula is C24H29N3O4. The number of amides is 1. The van der Waals surface area contributed by atoms with Crippen molar-refractivity contribution in [2.24, 2.45) is 0 Å². The summed E-state index contributed by atoms with van der Waals surface area (Å²) >= 11 is 0. The Kier molecular flexibility index (Phi) is 7.41. The molecule has 1 aromatic carbocycles. The van der Waals surface area contributed by atoms with Crippen LogP contribution >= 0.6 is 0 Å². The molecule has 0 bridgehead atoms. The normalized spacial score (nSPS) is 18.1. The van der Waals surface area contributed by atoms with Gasteiger partial charge in [-0.15, -0.1) is 0 Å². The topological polar surface area (TPSA) is 83.0 Å². The van der Waals surface area contributed by atoms with E-state index in [0.29, 0.717) is 23.6 Å². The number of aromatic nitrogens is 1. The Hall–Kier alpha value is -3.19. The molecule has 2 heterocycles. The largest absolute Gasteiger partial charge is 0.507 e. The molecule has 1 aromatic heterocycles. The van der Waals surface area contributed by atoms with Gasteiger partial charge in [0.05, 0.1) is 18.4 Å².